The average Bonchev–Trinajstić information content (AvgIpc) is 2.51. The van der Waals surface area contributed by atoms with Crippen LogP contribution in [0.4, 0.5) is 0 Å². The van der Waals surface area contributed by atoms with E-state index >= 15 is 0 Å². The van der Waals surface area contributed by atoms with Crippen molar-refractivity contribution in [1.29, 1.82) is 0 Å². The summed E-state index contributed by atoms with van der Waals surface area (Å²) in [6, 6.07) is 0. The van der Waals surface area contributed by atoms with Gasteiger partial charge >= 0.3 is 0 Å². The predicted molar refractivity (Wildman–Crippen MR) is 55.2 cm³/mol. The molecule has 6 heteroatoms. The van der Waals surface area contributed by atoms with Crippen molar-refractivity contribution in [3.05, 3.63) is 5.01 Å². The summed E-state index contributed by atoms with van der Waals surface area (Å²) in [7, 11) is 0. The van der Waals surface area contributed by atoms with E-state index in [-0.39, 0.29) is 0 Å². The normalized spacial score (nSPS) is 10.6. The van der Waals surface area contributed by atoms with E-state index < -0.39 is 0 Å². The van der Waals surface area contributed by atoms with Gasteiger partial charge in [0.2, 0.25) is 0 Å². The average molecular weight is 219 g/mol. The molecule has 1 rings (SSSR count). The zero-order valence-electron chi connectivity index (χ0n) is 7.52. The molecular weight excluding hydrogens is 206 g/mol. The smallest absolute Gasteiger partial charge is 0.174 e. The highest BCUT2D eigenvalue weighted by Gasteiger charge is 1.99. The Labute approximate surface area is 85.9 Å². The molecule has 0 aliphatic rings. The van der Waals surface area contributed by atoms with Crippen LogP contribution < -0.4 is 5.73 Å². The first-order valence-electron chi connectivity index (χ1n) is 4.03. The molecule has 0 bridgehead atoms. The maximum atomic E-state index is 5.27. The molecule has 0 amide bonds. The zero-order chi connectivity index (χ0) is 9.52. The molecule has 13 heavy (non-hydrogen) atoms. The van der Waals surface area contributed by atoms with Crippen LogP contribution in [0.3, 0.4) is 0 Å². The first kappa shape index (κ1) is 10.9. The highest BCUT2D eigenvalue weighted by Crippen LogP contribution is 2.21. The Bertz CT molecular complexity index is 241. The molecule has 0 unspecified atom stereocenters. The molecule has 0 aliphatic carbocycles. The Kier molecular flexibility index (Phi) is 5.29. The summed E-state index contributed by atoms with van der Waals surface area (Å²) in [6.45, 7) is 3.89. The number of ether oxygens (including phenoxy) is 1. The molecule has 74 valence electrons. The van der Waals surface area contributed by atoms with E-state index in [1.54, 1.807) is 23.1 Å². The molecule has 1 aromatic rings. The number of hydrogen-bond donors (Lipinski definition) is 1. The highest BCUT2D eigenvalue weighted by atomic mass is 32.2. The minimum absolute atomic E-state index is 0.586. The van der Waals surface area contributed by atoms with Gasteiger partial charge < -0.3 is 10.5 Å². The standard InChI is InChI=1S/C7H13N3OS2/c1-6-9-10-7(13-6)12-5-4-11-3-2-8/h2-5,8H2,1H3. The summed E-state index contributed by atoms with van der Waals surface area (Å²) in [5.41, 5.74) is 5.27. The van der Waals surface area contributed by atoms with Crippen molar-refractivity contribution in [2.24, 2.45) is 5.73 Å². The lowest BCUT2D eigenvalue weighted by molar-refractivity contribution is 0.158. The Hall–Kier alpha value is -0.170. The lowest BCUT2D eigenvalue weighted by atomic mass is 10.7. The van der Waals surface area contributed by atoms with E-state index in [1.807, 2.05) is 6.92 Å². The van der Waals surface area contributed by atoms with E-state index in [0.29, 0.717) is 13.2 Å². The van der Waals surface area contributed by atoms with Gasteiger partial charge in [-0.3, -0.25) is 0 Å². The molecular formula is C7H13N3OS2. The van der Waals surface area contributed by atoms with Gasteiger partial charge in [-0.2, -0.15) is 0 Å². The minimum atomic E-state index is 0.586. The lowest BCUT2D eigenvalue weighted by Gasteiger charge is -1.99. The Morgan fingerprint density at radius 1 is 1.46 bits per heavy atom. The van der Waals surface area contributed by atoms with Crippen molar-refractivity contribution in [3.63, 3.8) is 0 Å². The molecule has 2 N–H and O–H groups in total. The summed E-state index contributed by atoms with van der Waals surface area (Å²) in [5.74, 6) is 0.911. The summed E-state index contributed by atoms with van der Waals surface area (Å²) in [4.78, 5) is 0. The molecule has 1 heterocycles. The fourth-order valence-electron chi connectivity index (χ4n) is 0.710. The number of nitrogens with zero attached hydrogens (tertiary/aromatic N) is 2. The van der Waals surface area contributed by atoms with Crippen LogP contribution in [0.15, 0.2) is 4.34 Å². The van der Waals surface area contributed by atoms with Crippen molar-refractivity contribution in [2.75, 3.05) is 25.5 Å². The predicted octanol–water partition coefficient (Wildman–Crippen LogP) is 0.914. The van der Waals surface area contributed by atoms with Crippen molar-refractivity contribution in [2.45, 2.75) is 11.3 Å². The highest BCUT2D eigenvalue weighted by molar-refractivity contribution is 8.01. The van der Waals surface area contributed by atoms with Gasteiger partial charge in [0.1, 0.15) is 5.01 Å². The third kappa shape index (κ3) is 4.56. The van der Waals surface area contributed by atoms with Crippen LogP contribution in [0.25, 0.3) is 0 Å². The Balaban J connectivity index is 2.06. The molecule has 0 atom stereocenters. The molecule has 0 saturated carbocycles. The number of aromatic nitrogens is 2. The fraction of sp³-hybridized carbons (Fsp3) is 0.714. The number of aryl methyl sites for hydroxylation is 1. The lowest BCUT2D eigenvalue weighted by Crippen LogP contribution is -2.09. The van der Waals surface area contributed by atoms with E-state index in [1.165, 1.54) is 0 Å². The van der Waals surface area contributed by atoms with Crippen LogP contribution in [-0.4, -0.2) is 35.7 Å². The third-order valence-corrected chi connectivity index (χ3v) is 3.16. The van der Waals surface area contributed by atoms with Crippen LogP contribution in [0.5, 0.6) is 0 Å². The molecule has 0 radical (unpaired) electrons. The van der Waals surface area contributed by atoms with Crippen molar-refractivity contribution < 1.29 is 4.74 Å². The van der Waals surface area contributed by atoms with Crippen LogP contribution in [0.1, 0.15) is 5.01 Å². The van der Waals surface area contributed by atoms with Gasteiger partial charge in [-0.1, -0.05) is 23.1 Å². The van der Waals surface area contributed by atoms with Gasteiger partial charge in [0.15, 0.2) is 4.34 Å². The van der Waals surface area contributed by atoms with Gasteiger partial charge in [-0.15, -0.1) is 10.2 Å². The minimum Gasteiger partial charge on any atom is -0.379 e. The summed E-state index contributed by atoms with van der Waals surface area (Å²) in [5, 5.41) is 8.91. The summed E-state index contributed by atoms with van der Waals surface area (Å²) in [6.07, 6.45) is 0. The zero-order valence-corrected chi connectivity index (χ0v) is 9.16. The van der Waals surface area contributed by atoms with Gasteiger partial charge in [0, 0.05) is 12.3 Å². The quantitative estimate of drug-likeness (QED) is 0.569. The number of thioether (sulfide) groups is 1. The van der Waals surface area contributed by atoms with Gasteiger partial charge in [0.25, 0.3) is 0 Å². The molecule has 0 aliphatic heterocycles. The van der Waals surface area contributed by atoms with Crippen LogP contribution >= 0.6 is 23.1 Å². The maximum absolute atomic E-state index is 5.27. The van der Waals surface area contributed by atoms with Gasteiger partial charge in [-0.05, 0) is 6.92 Å². The Morgan fingerprint density at radius 3 is 2.92 bits per heavy atom. The van der Waals surface area contributed by atoms with Crippen LogP contribution in [0.2, 0.25) is 0 Å². The van der Waals surface area contributed by atoms with Crippen molar-refractivity contribution >= 4 is 23.1 Å². The second kappa shape index (κ2) is 6.31. The molecule has 0 spiro atoms. The monoisotopic (exact) mass is 219 g/mol. The SMILES string of the molecule is Cc1nnc(SCCOCCN)s1. The number of nitrogens with two attached hydrogens (primary N) is 1. The van der Waals surface area contributed by atoms with Gasteiger partial charge in [-0.25, -0.2) is 0 Å². The molecule has 0 saturated heterocycles. The molecule has 0 aromatic carbocycles. The third-order valence-electron chi connectivity index (χ3n) is 1.22. The van der Waals surface area contributed by atoms with Crippen molar-refractivity contribution in [1.82, 2.24) is 10.2 Å². The van der Waals surface area contributed by atoms with Crippen LogP contribution in [-0.2, 0) is 4.74 Å². The molecule has 1 aromatic heterocycles. The second-order valence-electron chi connectivity index (χ2n) is 2.34. The number of hydrogen-bond acceptors (Lipinski definition) is 6. The van der Waals surface area contributed by atoms with E-state index in [2.05, 4.69) is 10.2 Å². The topological polar surface area (TPSA) is 61.0 Å². The summed E-state index contributed by atoms with van der Waals surface area (Å²) < 4.78 is 6.23. The first-order chi connectivity index (χ1) is 6.33. The van der Waals surface area contributed by atoms with E-state index in [9.17, 15) is 0 Å². The second-order valence-corrected chi connectivity index (χ2v) is 4.86. The number of rotatable bonds is 6. The summed E-state index contributed by atoms with van der Waals surface area (Å²) >= 11 is 3.28. The molecule has 0 fully saturated rings. The van der Waals surface area contributed by atoms with E-state index in [4.69, 9.17) is 10.5 Å². The maximum Gasteiger partial charge on any atom is 0.174 e. The Morgan fingerprint density at radius 2 is 2.31 bits per heavy atom. The van der Waals surface area contributed by atoms with Crippen molar-refractivity contribution in [3.8, 4) is 0 Å². The van der Waals surface area contributed by atoms with Gasteiger partial charge in [0.05, 0.1) is 13.2 Å². The van der Waals surface area contributed by atoms with Crippen LogP contribution in [0, 0.1) is 6.92 Å². The first-order valence-corrected chi connectivity index (χ1v) is 5.84. The van der Waals surface area contributed by atoms with E-state index in [0.717, 1.165) is 21.7 Å². The fourth-order valence-corrected chi connectivity index (χ4v) is 2.45. The molecule has 4 nitrogen and oxygen atoms in total. The largest absolute Gasteiger partial charge is 0.379 e.